The van der Waals surface area contributed by atoms with E-state index >= 15 is 0 Å². The van der Waals surface area contributed by atoms with E-state index in [2.05, 4.69) is 26.9 Å². The second kappa shape index (κ2) is 7.30. The van der Waals surface area contributed by atoms with Crippen LogP contribution in [0.3, 0.4) is 0 Å². The Hall–Kier alpha value is -0.950. The molecule has 1 aromatic heterocycles. The molecule has 1 aliphatic rings. The minimum absolute atomic E-state index is 0.0233. The van der Waals surface area contributed by atoms with Gasteiger partial charge in [-0.05, 0) is 40.2 Å². The van der Waals surface area contributed by atoms with Crippen molar-refractivity contribution in [1.82, 2.24) is 9.80 Å². The molecule has 0 aliphatic carbocycles. The van der Waals surface area contributed by atoms with Crippen LogP contribution in [0.2, 0.25) is 5.02 Å². The Balaban J connectivity index is 1.61. The first kappa shape index (κ1) is 16.9. The van der Waals surface area contributed by atoms with Crippen LogP contribution >= 0.6 is 38.9 Å². The predicted octanol–water partition coefficient (Wildman–Crippen LogP) is 4.26. The zero-order chi connectivity index (χ0) is 16.4. The average Bonchev–Trinajstić information content (AvgIpc) is 2.93. The number of hydrogen-bond donors (Lipinski definition) is 0. The maximum atomic E-state index is 13.9. The summed E-state index contributed by atoms with van der Waals surface area (Å²) in [6, 6.07) is 8.46. The van der Waals surface area contributed by atoms with Crippen molar-refractivity contribution in [3.05, 3.63) is 55.4 Å². The number of nitrogens with zero attached hydrogens (tertiary/aromatic N) is 2. The third-order valence-corrected chi connectivity index (χ3v) is 5.77. The standard InChI is InChI=1S/C16H15BrClFN2OS/c17-14-5-4-11(23-14)10-20-6-8-21(9-7-20)16(22)15-12(18)2-1-3-13(15)19/h1-5H,6-10H2. The molecule has 0 bridgehead atoms. The van der Waals surface area contributed by atoms with E-state index in [-0.39, 0.29) is 16.5 Å². The first-order chi connectivity index (χ1) is 11.0. The number of amides is 1. The first-order valence-electron chi connectivity index (χ1n) is 7.24. The lowest BCUT2D eigenvalue weighted by atomic mass is 10.1. The predicted molar refractivity (Wildman–Crippen MR) is 94.6 cm³/mol. The largest absolute Gasteiger partial charge is 0.336 e. The van der Waals surface area contributed by atoms with E-state index in [4.69, 9.17) is 11.6 Å². The molecule has 0 saturated carbocycles. The number of carbonyl (C=O) groups is 1. The Bertz CT molecular complexity index is 696. The fourth-order valence-corrected chi connectivity index (χ4v) is 4.40. The molecule has 1 saturated heterocycles. The molecule has 2 heterocycles. The molecule has 0 N–H and O–H groups in total. The van der Waals surface area contributed by atoms with Gasteiger partial charge >= 0.3 is 0 Å². The summed E-state index contributed by atoms with van der Waals surface area (Å²) in [7, 11) is 0. The van der Waals surface area contributed by atoms with Gasteiger partial charge in [0.2, 0.25) is 0 Å². The molecule has 7 heteroatoms. The summed E-state index contributed by atoms with van der Waals surface area (Å²) >= 11 is 11.2. The van der Waals surface area contributed by atoms with Crippen LogP contribution in [0, 0.1) is 5.82 Å². The topological polar surface area (TPSA) is 23.6 Å². The zero-order valence-corrected chi connectivity index (χ0v) is 15.4. The average molecular weight is 418 g/mol. The van der Waals surface area contributed by atoms with Crippen molar-refractivity contribution in [2.75, 3.05) is 26.2 Å². The van der Waals surface area contributed by atoms with Crippen molar-refractivity contribution in [2.24, 2.45) is 0 Å². The van der Waals surface area contributed by atoms with Crippen LogP contribution in [0.5, 0.6) is 0 Å². The number of carbonyl (C=O) groups excluding carboxylic acids is 1. The smallest absolute Gasteiger partial charge is 0.258 e. The number of thiophene rings is 1. The van der Waals surface area contributed by atoms with Crippen molar-refractivity contribution >= 4 is 44.8 Å². The van der Waals surface area contributed by atoms with Gasteiger partial charge in [0.25, 0.3) is 5.91 Å². The molecule has 1 aliphatic heterocycles. The molecule has 3 nitrogen and oxygen atoms in total. The molecule has 122 valence electrons. The molecule has 2 aromatic rings. The Labute approximate surface area is 151 Å². The molecule has 1 aromatic carbocycles. The molecule has 0 unspecified atom stereocenters. The van der Waals surface area contributed by atoms with Crippen LogP contribution in [0.15, 0.2) is 34.1 Å². The van der Waals surface area contributed by atoms with Gasteiger partial charge in [0.15, 0.2) is 0 Å². The number of benzene rings is 1. The lowest BCUT2D eigenvalue weighted by Gasteiger charge is -2.34. The van der Waals surface area contributed by atoms with E-state index in [1.54, 1.807) is 22.3 Å². The molecule has 0 atom stereocenters. The van der Waals surface area contributed by atoms with Crippen molar-refractivity contribution in [1.29, 1.82) is 0 Å². The van der Waals surface area contributed by atoms with Gasteiger partial charge in [0, 0.05) is 37.6 Å². The van der Waals surface area contributed by atoms with Crippen LogP contribution < -0.4 is 0 Å². The van der Waals surface area contributed by atoms with Gasteiger partial charge in [0.1, 0.15) is 5.82 Å². The van der Waals surface area contributed by atoms with Gasteiger partial charge in [-0.15, -0.1) is 11.3 Å². The zero-order valence-electron chi connectivity index (χ0n) is 12.3. The molecule has 3 rings (SSSR count). The third-order valence-electron chi connectivity index (χ3n) is 3.84. The summed E-state index contributed by atoms with van der Waals surface area (Å²) in [6.45, 7) is 3.57. The van der Waals surface area contributed by atoms with Gasteiger partial charge < -0.3 is 4.90 Å². The molecule has 0 radical (unpaired) electrons. The van der Waals surface area contributed by atoms with E-state index in [0.29, 0.717) is 13.1 Å². The quantitative estimate of drug-likeness (QED) is 0.745. The summed E-state index contributed by atoms with van der Waals surface area (Å²) in [6.07, 6.45) is 0. The molecule has 1 fully saturated rings. The molecule has 23 heavy (non-hydrogen) atoms. The Morgan fingerprint density at radius 2 is 1.96 bits per heavy atom. The lowest BCUT2D eigenvalue weighted by molar-refractivity contribution is 0.0625. The molecule has 0 spiro atoms. The summed E-state index contributed by atoms with van der Waals surface area (Å²) in [5.74, 6) is -0.889. The number of piperazine rings is 1. The van der Waals surface area contributed by atoms with Crippen molar-refractivity contribution in [2.45, 2.75) is 6.54 Å². The number of rotatable bonds is 3. The first-order valence-corrected chi connectivity index (χ1v) is 9.23. The normalized spacial score (nSPS) is 15.9. The highest BCUT2D eigenvalue weighted by Gasteiger charge is 2.25. The van der Waals surface area contributed by atoms with Gasteiger partial charge in [-0.2, -0.15) is 0 Å². The second-order valence-electron chi connectivity index (χ2n) is 5.37. The van der Waals surface area contributed by atoms with E-state index in [1.165, 1.54) is 17.0 Å². The number of hydrogen-bond acceptors (Lipinski definition) is 3. The second-order valence-corrected chi connectivity index (χ2v) is 8.33. The van der Waals surface area contributed by atoms with Crippen molar-refractivity contribution in [3.8, 4) is 0 Å². The monoisotopic (exact) mass is 416 g/mol. The van der Waals surface area contributed by atoms with Crippen LogP contribution in [0.25, 0.3) is 0 Å². The van der Waals surface area contributed by atoms with E-state index in [9.17, 15) is 9.18 Å². The molecular weight excluding hydrogens is 403 g/mol. The van der Waals surface area contributed by atoms with Crippen LogP contribution in [-0.2, 0) is 6.54 Å². The molecular formula is C16H15BrClFN2OS. The maximum Gasteiger partial charge on any atom is 0.258 e. The van der Waals surface area contributed by atoms with E-state index in [1.807, 2.05) is 6.07 Å². The highest BCUT2D eigenvalue weighted by atomic mass is 79.9. The van der Waals surface area contributed by atoms with Gasteiger partial charge in [-0.3, -0.25) is 9.69 Å². The summed E-state index contributed by atoms with van der Waals surface area (Å²) in [5, 5.41) is 0.167. The van der Waals surface area contributed by atoms with Crippen molar-refractivity contribution in [3.63, 3.8) is 0 Å². The summed E-state index contributed by atoms with van der Waals surface area (Å²) in [5.41, 5.74) is -0.0233. The fraction of sp³-hybridized carbons (Fsp3) is 0.312. The Morgan fingerprint density at radius 3 is 2.57 bits per heavy atom. The minimum atomic E-state index is -0.562. The van der Waals surface area contributed by atoms with Crippen LogP contribution in [-0.4, -0.2) is 41.9 Å². The highest BCUT2D eigenvalue weighted by molar-refractivity contribution is 9.11. The summed E-state index contributed by atoms with van der Waals surface area (Å²) in [4.78, 5) is 17.7. The van der Waals surface area contributed by atoms with E-state index < -0.39 is 5.82 Å². The summed E-state index contributed by atoms with van der Waals surface area (Å²) < 4.78 is 15.0. The van der Waals surface area contributed by atoms with Gasteiger partial charge in [-0.25, -0.2) is 4.39 Å². The Kier molecular flexibility index (Phi) is 5.36. The number of halogens is 3. The molecule has 1 amide bonds. The Morgan fingerprint density at radius 1 is 1.22 bits per heavy atom. The fourth-order valence-electron chi connectivity index (χ4n) is 2.63. The van der Waals surface area contributed by atoms with Crippen LogP contribution in [0.1, 0.15) is 15.2 Å². The highest BCUT2D eigenvalue weighted by Crippen LogP contribution is 2.24. The van der Waals surface area contributed by atoms with Gasteiger partial charge in [-0.1, -0.05) is 17.7 Å². The SMILES string of the molecule is O=C(c1c(F)cccc1Cl)N1CCN(Cc2ccc(Br)s2)CC1. The van der Waals surface area contributed by atoms with Gasteiger partial charge in [0.05, 0.1) is 14.4 Å². The van der Waals surface area contributed by atoms with E-state index in [0.717, 1.165) is 23.4 Å². The third kappa shape index (κ3) is 3.94. The maximum absolute atomic E-state index is 13.9. The minimum Gasteiger partial charge on any atom is -0.336 e. The van der Waals surface area contributed by atoms with Crippen molar-refractivity contribution < 1.29 is 9.18 Å². The van der Waals surface area contributed by atoms with Crippen LogP contribution in [0.4, 0.5) is 4.39 Å². The lowest BCUT2D eigenvalue weighted by Crippen LogP contribution is -2.48.